The molecule has 1 heterocycles. The van der Waals surface area contributed by atoms with Crippen LogP contribution in [0.5, 0.6) is 0 Å². The van der Waals surface area contributed by atoms with Crippen LogP contribution in [-0.4, -0.2) is 14.7 Å². The fraction of sp³-hybridized carbons (Fsp3) is 0.364. The van der Waals surface area contributed by atoms with Gasteiger partial charge >= 0.3 is 0 Å². The molecule has 0 amide bonds. The molecule has 4 nitrogen and oxygen atoms in total. The maximum atomic E-state index is 11.2. The third-order valence-electron chi connectivity index (χ3n) is 2.63. The van der Waals surface area contributed by atoms with Gasteiger partial charge in [-0.2, -0.15) is 0 Å². The molecule has 0 saturated heterocycles. The SMILES string of the molecule is CCC(Br)Cc1ccc2scnc2c1[N+](=O)[O-]. The summed E-state index contributed by atoms with van der Waals surface area (Å²) in [5, 5.41) is 11.2. The summed E-state index contributed by atoms with van der Waals surface area (Å²) >= 11 is 4.94. The van der Waals surface area contributed by atoms with Gasteiger partial charge in [0, 0.05) is 10.4 Å². The van der Waals surface area contributed by atoms with Crippen molar-refractivity contribution in [3.05, 3.63) is 33.3 Å². The lowest BCUT2D eigenvalue weighted by molar-refractivity contribution is -0.383. The second kappa shape index (κ2) is 5.10. The second-order valence-electron chi connectivity index (χ2n) is 3.74. The van der Waals surface area contributed by atoms with E-state index in [1.54, 1.807) is 5.51 Å². The average molecular weight is 315 g/mol. The largest absolute Gasteiger partial charge is 0.299 e. The number of rotatable bonds is 4. The van der Waals surface area contributed by atoms with E-state index in [0.717, 1.165) is 16.7 Å². The summed E-state index contributed by atoms with van der Waals surface area (Å²) < 4.78 is 0.864. The zero-order chi connectivity index (χ0) is 12.4. The van der Waals surface area contributed by atoms with Crippen LogP contribution in [0.15, 0.2) is 17.6 Å². The predicted molar refractivity (Wildman–Crippen MR) is 73.0 cm³/mol. The Kier molecular flexibility index (Phi) is 3.73. The molecule has 2 aromatic rings. The predicted octanol–water partition coefficient (Wildman–Crippen LogP) is 3.92. The van der Waals surface area contributed by atoms with Crippen molar-refractivity contribution < 1.29 is 4.92 Å². The lowest BCUT2D eigenvalue weighted by Crippen LogP contribution is -2.04. The number of hydrogen-bond donors (Lipinski definition) is 0. The van der Waals surface area contributed by atoms with Gasteiger partial charge in [-0.05, 0) is 18.9 Å². The fourth-order valence-corrected chi connectivity index (χ4v) is 2.74. The summed E-state index contributed by atoms with van der Waals surface area (Å²) in [5.74, 6) is 0. The number of nitro groups is 1. The maximum absolute atomic E-state index is 11.2. The molecule has 0 fully saturated rings. The molecule has 0 saturated carbocycles. The summed E-state index contributed by atoms with van der Waals surface area (Å²) in [6.45, 7) is 2.05. The number of benzene rings is 1. The topological polar surface area (TPSA) is 56.0 Å². The molecule has 0 bridgehead atoms. The highest BCUT2D eigenvalue weighted by Crippen LogP contribution is 2.32. The Morgan fingerprint density at radius 1 is 1.59 bits per heavy atom. The molecule has 1 aromatic heterocycles. The zero-order valence-electron chi connectivity index (χ0n) is 9.22. The Bertz CT molecular complexity index is 555. The molecule has 6 heteroatoms. The molecule has 17 heavy (non-hydrogen) atoms. The van der Waals surface area contributed by atoms with Crippen molar-refractivity contribution in [1.82, 2.24) is 4.98 Å². The van der Waals surface area contributed by atoms with Crippen LogP contribution >= 0.6 is 27.3 Å². The Balaban J connectivity index is 2.54. The van der Waals surface area contributed by atoms with Gasteiger partial charge in [-0.1, -0.05) is 28.9 Å². The molecule has 0 N–H and O–H groups in total. The number of alkyl halides is 1. The van der Waals surface area contributed by atoms with Crippen LogP contribution < -0.4 is 0 Å². The van der Waals surface area contributed by atoms with Crippen molar-refractivity contribution in [2.75, 3.05) is 0 Å². The summed E-state index contributed by atoms with van der Waals surface area (Å²) in [6, 6.07) is 3.74. The van der Waals surface area contributed by atoms with Crippen LogP contribution in [-0.2, 0) is 6.42 Å². The molecular formula is C11H11BrN2O2S. The minimum atomic E-state index is -0.327. The van der Waals surface area contributed by atoms with Crippen molar-refractivity contribution in [2.45, 2.75) is 24.6 Å². The lowest BCUT2D eigenvalue weighted by atomic mass is 10.1. The van der Waals surface area contributed by atoms with E-state index in [1.807, 2.05) is 19.1 Å². The van der Waals surface area contributed by atoms with Crippen molar-refractivity contribution in [3.63, 3.8) is 0 Å². The highest BCUT2D eigenvalue weighted by atomic mass is 79.9. The van der Waals surface area contributed by atoms with Gasteiger partial charge in [0.15, 0.2) is 5.52 Å². The third-order valence-corrected chi connectivity index (χ3v) is 4.39. The molecule has 90 valence electrons. The van der Waals surface area contributed by atoms with Crippen molar-refractivity contribution >= 4 is 43.2 Å². The molecule has 1 aromatic carbocycles. The van der Waals surface area contributed by atoms with E-state index in [1.165, 1.54) is 11.3 Å². The smallest absolute Gasteiger partial charge is 0.258 e. The van der Waals surface area contributed by atoms with Gasteiger partial charge < -0.3 is 0 Å². The van der Waals surface area contributed by atoms with Crippen LogP contribution in [0.25, 0.3) is 10.2 Å². The number of aromatic nitrogens is 1. The summed E-state index contributed by atoms with van der Waals surface area (Å²) in [7, 11) is 0. The number of hydrogen-bond acceptors (Lipinski definition) is 4. The van der Waals surface area contributed by atoms with E-state index < -0.39 is 0 Å². The summed E-state index contributed by atoms with van der Waals surface area (Å²) in [4.78, 5) is 15.2. The quantitative estimate of drug-likeness (QED) is 0.488. The highest BCUT2D eigenvalue weighted by molar-refractivity contribution is 9.09. The monoisotopic (exact) mass is 314 g/mol. The van der Waals surface area contributed by atoms with Crippen LogP contribution in [0.4, 0.5) is 5.69 Å². The number of halogens is 1. The molecule has 1 unspecified atom stereocenters. The second-order valence-corrected chi connectivity index (χ2v) is 5.92. The molecule has 2 rings (SSSR count). The van der Waals surface area contributed by atoms with E-state index in [-0.39, 0.29) is 15.4 Å². The first-order valence-corrected chi connectivity index (χ1v) is 7.06. The number of thiazole rings is 1. The Hall–Kier alpha value is -1.01. The van der Waals surface area contributed by atoms with Gasteiger partial charge in [-0.3, -0.25) is 10.1 Å². The standard InChI is InChI=1S/C11H11BrN2O2S/c1-2-8(12)5-7-3-4-9-10(13-6-17-9)11(7)14(15)16/h3-4,6,8H,2,5H2,1H3. The average Bonchev–Trinajstić information content (AvgIpc) is 2.75. The van der Waals surface area contributed by atoms with E-state index in [0.29, 0.717) is 11.9 Å². The van der Waals surface area contributed by atoms with Crippen molar-refractivity contribution in [3.8, 4) is 0 Å². The van der Waals surface area contributed by atoms with E-state index in [4.69, 9.17) is 0 Å². The molecule has 0 radical (unpaired) electrons. The van der Waals surface area contributed by atoms with Crippen molar-refractivity contribution in [1.29, 1.82) is 0 Å². The third kappa shape index (κ3) is 2.47. The van der Waals surface area contributed by atoms with Crippen LogP contribution in [0.1, 0.15) is 18.9 Å². The molecule has 1 atom stereocenters. The first kappa shape index (κ1) is 12.4. The lowest BCUT2D eigenvalue weighted by Gasteiger charge is -2.07. The van der Waals surface area contributed by atoms with E-state index in [2.05, 4.69) is 20.9 Å². The highest BCUT2D eigenvalue weighted by Gasteiger charge is 2.21. The van der Waals surface area contributed by atoms with Crippen molar-refractivity contribution in [2.24, 2.45) is 0 Å². The van der Waals surface area contributed by atoms with Gasteiger partial charge in [-0.25, -0.2) is 4.98 Å². The minimum absolute atomic E-state index is 0.154. The fourth-order valence-electron chi connectivity index (χ4n) is 1.71. The van der Waals surface area contributed by atoms with Crippen LogP contribution in [0.2, 0.25) is 0 Å². The van der Waals surface area contributed by atoms with Crippen LogP contribution in [0.3, 0.4) is 0 Å². The first-order chi connectivity index (χ1) is 8.13. The Morgan fingerprint density at radius 2 is 2.35 bits per heavy atom. The molecular weight excluding hydrogens is 304 g/mol. The molecule has 0 spiro atoms. The van der Waals surface area contributed by atoms with Gasteiger partial charge in [-0.15, -0.1) is 11.3 Å². The van der Waals surface area contributed by atoms with Gasteiger partial charge in [0.2, 0.25) is 0 Å². The molecule has 0 aliphatic rings. The van der Waals surface area contributed by atoms with Crippen LogP contribution in [0, 0.1) is 10.1 Å². The Morgan fingerprint density at radius 3 is 3.00 bits per heavy atom. The normalized spacial score (nSPS) is 12.8. The van der Waals surface area contributed by atoms with Gasteiger partial charge in [0.1, 0.15) is 0 Å². The minimum Gasteiger partial charge on any atom is -0.258 e. The molecule has 0 aliphatic carbocycles. The zero-order valence-corrected chi connectivity index (χ0v) is 11.6. The summed E-state index contributed by atoms with van der Waals surface area (Å²) in [6.07, 6.45) is 1.59. The van der Waals surface area contributed by atoms with E-state index >= 15 is 0 Å². The molecule has 0 aliphatic heterocycles. The first-order valence-electron chi connectivity index (χ1n) is 5.27. The number of fused-ring (bicyclic) bond motifs is 1. The van der Waals surface area contributed by atoms with Gasteiger partial charge in [0.05, 0.1) is 15.1 Å². The number of nitro benzene ring substituents is 1. The maximum Gasteiger partial charge on any atom is 0.299 e. The van der Waals surface area contributed by atoms with E-state index in [9.17, 15) is 10.1 Å². The summed E-state index contributed by atoms with van der Waals surface area (Å²) in [5.41, 5.74) is 3.06. The Labute approximate surface area is 111 Å². The number of nitrogens with zero attached hydrogens (tertiary/aromatic N) is 2. The van der Waals surface area contributed by atoms with Gasteiger partial charge in [0.25, 0.3) is 5.69 Å².